The fourth-order valence-electron chi connectivity index (χ4n) is 0.715. The van der Waals surface area contributed by atoms with E-state index in [0.717, 1.165) is 5.84 Å². The number of hydrogen-bond acceptors (Lipinski definition) is 5. The van der Waals surface area contributed by atoms with Crippen molar-refractivity contribution in [2.24, 2.45) is 20.9 Å². The Morgan fingerprint density at radius 3 is 3.33 bits per heavy atom. The Balaban J connectivity index is 2.35. The minimum absolute atomic E-state index is 0.199. The van der Waals surface area contributed by atoms with Crippen LogP contribution < -0.4 is 5.73 Å². The molecule has 2 rings (SSSR count). The Kier molecular flexibility index (Phi) is 0.869. The van der Waals surface area contributed by atoms with Crippen LogP contribution in [0.2, 0.25) is 0 Å². The van der Waals surface area contributed by atoms with Crippen LogP contribution in [0.15, 0.2) is 15.2 Å². The summed E-state index contributed by atoms with van der Waals surface area (Å²) in [6.07, 6.45) is 1.74. The summed E-state index contributed by atoms with van der Waals surface area (Å²) < 4.78 is 0. The van der Waals surface area contributed by atoms with Crippen molar-refractivity contribution in [2.75, 3.05) is 0 Å². The Morgan fingerprint density at radius 1 is 1.67 bits per heavy atom. The second-order valence-electron chi connectivity index (χ2n) is 1.71. The highest BCUT2D eigenvalue weighted by Gasteiger charge is 2.26. The number of nitrogens with zero attached hydrogens (tertiary/aromatic N) is 3. The number of fused-ring (bicyclic) bond motifs is 1. The maximum absolute atomic E-state index is 5.40. The molecular formula is C4H4N4S. The summed E-state index contributed by atoms with van der Waals surface area (Å²) >= 11 is 1.48. The second kappa shape index (κ2) is 1.57. The Labute approximate surface area is 55.9 Å². The van der Waals surface area contributed by atoms with Crippen molar-refractivity contribution in [3.63, 3.8) is 0 Å². The van der Waals surface area contributed by atoms with Gasteiger partial charge in [0.05, 0.1) is 0 Å². The van der Waals surface area contributed by atoms with Gasteiger partial charge in [-0.3, -0.25) is 0 Å². The molecule has 0 bridgehead atoms. The van der Waals surface area contributed by atoms with Crippen LogP contribution in [0, 0.1) is 0 Å². The Hall–Kier alpha value is -0.840. The molecule has 0 amide bonds. The number of thioether (sulfide) groups is 1. The minimum atomic E-state index is 0.199. The predicted octanol–water partition coefficient (Wildman–Crippen LogP) is -0.186. The molecule has 0 saturated heterocycles. The number of amidine groups is 2. The molecule has 9 heavy (non-hydrogen) atoms. The van der Waals surface area contributed by atoms with Crippen LogP contribution in [0.5, 0.6) is 0 Å². The zero-order valence-corrected chi connectivity index (χ0v) is 5.30. The van der Waals surface area contributed by atoms with Gasteiger partial charge in [0.25, 0.3) is 0 Å². The van der Waals surface area contributed by atoms with Gasteiger partial charge in [-0.15, -0.1) is 5.10 Å². The fourth-order valence-corrected chi connectivity index (χ4v) is 1.44. The molecule has 0 fully saturated rings. The smallest absolute Gasteiger partial charge is 0.172 e. The van der Waals surface area contributed by atoms with Crippen LogP contribution >= 0.6 is 11.8 Å². The summed E-state index contributed by atoms with van der Waals surface area (Å²) in [5, 5.41) is 8.21. The van der Waals surface area contributed by atoms with Crippen molar-refractivity contribution < 1.29 is 0 Å². The van der Waals surface area contributed by atoms with Crippen LogP contribution in [-0.4, -0.2) is 22.5 Å². The van der Waals surface area contributed by atoms with Crippen LogP contribution in [0.4, 0.5) is 0 Å². The first kappa shape index (κ1) is 4.99. The van der Waals surface area contributed by atoms with Gasteiger partial charge in [-0.2, -0.15) is 5.10 Å². The molecule has 46 valence electrons. The van der Waals surface area contributed by atoms with E-state index < -0.39 is 0 Å². The molecule has 2 heterocycles. The van der Waals surface area contributed by atoms with Crippen molar-refractivity contribution in [1.29, 1.82) is 0 Å². The van der Waals surface area contributed by atoms with E-state index >= 15 is 0 Å². The lowest BCUT2D eigenvalue weighted by atomic mass is 10.4. The van der Waals surface area contributed by atoms with Crippen molar-refractivity contribution in [3.05, 3.63) is 0 Å². The van der Waals surface area contributed by atoms with Crippen molar-refractivity contribution in [2.45, 2.75) is 5.25 Å². The molecule has 1 atom stereocenters. The third-order valence-corrected chi connectivity index (χ3v) is 2.01. The Morgan fingerprint density at radius 2 is 2.56 bits per heavy atom. The summed E-state index contributed by atoms with van der Waals surface area (Å²) in [5.41, 5.74) is 5.40. The van der Waals surface area contributed by atoms with E-state index in [-0.39, 0.29) is 5.25 Å². The average Bonchev–Trinajstić information content (AvgIpc) is 2.22. The van der Waals surface area contributed by atoms with Gasteiger partial charge in [0.1, 0.15) is 5.25 Å². The summed E-state index contributed by atoms with van der Waals surface area (Å²) in [5.74, 6) is 0.734. The van der Waals surface area contributed by atoms with E-state index in [4.69, 9.17) is 5.73 Å². The lowest BCUT2D eigenvalue weighted by Crippen LogP contribution is -2.07. The van der Waals surface area contributed by atoms with E-state index in [0.29, 0.717) is 5.17 Å². The van der Waals surface area contributed by atoms with E-state index in [1.807, 2.05) is 0 Å². The van der Waals surface area contributed by atoms with Gasteiger partial charge in [0.2, 0.25) is 0 Å². The van der Waals surface area contributed by atoms with Gasteiger partial charge in [-0.1, -0.05) is 11.8 Å². The largest absolute Gasteiger partial charge is 0.378 e. The fraction of sp³-hybridized carbons (Fsp3) is 0.250. The molecule has 0 spiro atoms. The number of nitrogens with two attached hydrogens (primary N) is 1. The topological polar surface area (TPSA) is 63.1 Å². The molecule has 2 aliphatic rings. The van der Waals surface area contributed by atoms with E-state index in [1.165, 1.54) is 11.8 Å². The van der Waals surface area contributed by atoms with Gasteiger partial charge in [0, 0.05) is 6.21 Å². The maximum Gasteiger partial charge on any atom is 0.172 e. The summed E-state index contributed by atoms with van der Waals surface area (Å²) in [7, 11) is 0. The molecular weight excluding hydrogens is 136 g/mol. The number of rotatable bonds is 0. The average molecular weight is 140 g/mol. The highest BCUT2D eigenvalue weighted by Crippen LogP contribution is 2.21. The van der Waals surface area contributed by atoms with Gasteiger partial charge >= 0.3 is 0 Å². The molecule has 1 unspecified atom stereocenters. The maximum atomic E-state index is 5.40. The van der Waals surface area contributed by atoms with E-state index in [9.17, 15) is 0 Å². The molecule has 0 saturated carbocycles. The van der Waals surface area contributed by atoms with Gasteiger partial charge in [-0.05, 0) is 0 Å². The van der Waals surface area contributed by atoms with E-state index in [2.05, 4.69) is 15.2 Å². The van der Waals surface area contributed by atoms with E-state index in [1.54, 1.807) is 6.21 Å². The number of hydrogen-bond donors (Lipinski definition) is 1. The Bertz CT molecular complexity index is 226. The van der Waals surface area contributed by atoms with Gasteiger partial charge in [0.15, 0.2) is 11.0 Å². The lowest BCUT2D eigenvalue weighted by molar-refractivity contribution is 1.27. The SMILES string of the molecule is NC1=NC2=NN=CC2S1. The quantitative estimate of drug-likeness (QED) is 0.507. The standard InChI is InChI=1S/C4H4N4S/c5-4-7-3-2(9-4)1-6-8-3/h1-2H,(H2,5,7,8). The highest BCUT2D eigenvalue weighted by molar-refractivity contribution is 8.16. The molecule has 5 heteroatoms. The molecule has 0 aromatic carbocycles. The first-order valence-corrected chi connectivity index (χ1v) is 3.36. The molecule has 2 aliphatic heterocycles. The molecule has 2 N–H and O–H groups in total. The van der Waals surface area contributed by atoms with Crippen molar-refractivity contribution in [1.82, 2.24) is 0 Å². The zero-order valence-electron chi connectivity index (χ0n) is 4.48. The first-order chi connectivity index (χ1) is 4.36. The lowest BCUT2D eigenvalue weighted by Gasteiger charge is -1.90. The van der Waals surface area contributed by atoms with Crippen LogP contribution in [-0.2, 0) is 0 Å². The van der Waals surface area contributed by atoms with Gasteiger partial charge < -0.3 is 5.73 Å². The summed E-state index contributed by atoms with van der Waals surface area (Å²) in [6.45, 7) is 0. The molecule has 0 aromatic rings. The van der Waals surface area contributed by atoms with Crippen LogP contribution in [0.25, 0.3) is 0 Å². The molecule has 4 nitrogen and oxygen atoms in total. The second-order valence-corrected chi connectivity index (χ2v) is 2.87. The molecule has 0 aliphatic carbocycles. The van der Waals surface area contributed by atoms with Crippen molar-refractivity contribution in [3.8, 4) is 0 Å². The normalized spacial score (nSPS) is 30.0. The minimum Gasteiger partial charge on any atom is -0.378 e. The van der Waals surface area contributed by atoms with Crippen molar-refractivity contribution >= 4 is 29.0 Å². The third kappa shape index (κ3) is 0.647. The summed E-state index contributed by atoms with van der Waals surface area (Å²) in [6, 6.07) is 0. The zero-order chi connectivity index (χ0) is 6.27. The predicted molar refractivity (Wildman–Crippen MR) is 38.9 cm³/mol. The number of aliphatic imine (C=N–C) groups is 1. The summed E-state index contributed by atoms with van der Waals surface area (Å²) in [4.78, 5) is 3.93. The monoisotopic (exact) mass is 140 g/mol. The molecule has 0 radical (unpaired) electrons. The molecule has 0 aromatic heterocycles. The van der Waals surface area contributed by atoms with Crippen LogP contribution in [0.1, 0.15) is 0 Å². The highest BCUT2D eigenvalue weighted by atomic mass is 32.2. The van der Waals surface area contributed by atoms with Crippen LogP contribution in [0.3, 0.4) is 0 Å². The first-order valence-electron chi connectivity index (χ1n) is 2.48. The third-order valence-electron chi connectivity index (χ3n) is 1.09. The van der Waals surface area contributed by atoms with Gasteiger partial charge in [-0.25, -0.2) is 4.99 Å².